The number of nitrogens with two attached hydrogens (primary N) is 1. The van der Waals surface area contributed by atoms with Gasteiger partial charge in [-0.3, -0.25) is 15.2 Å². The van der Waals surface area contributed by atoms with Gasteiger partial charge in [-0.2, -0.15) is 4.72 Å². The molecule has 11 nitrogen and oxygen atoms in total. The smallest absolute Gasteiger partial charge is 0.326 e. The summed E-state index contributed by atoms with van der Waals surface area (Å²) in [5.41, 5.74) is 9.11. The van der Waals surface area contributed by atoms with Gasteiger partial charge in [0, 0.05) is 25.8 Å². The summed E-state index contributed by atoms with van der Waals surface area (Å²) in [4.78, 5) is 33.1. The van der Waals surface area contributed by atoms with Gasteiger partial charge in [-0.05, 0) is 74.2 Å². The lowest BCUT2D eigenvalue weighted by atomic mass is 9.99. The molecule has 0 saturated heterocycles. The van der Waals surface area contributed by atoms with Gasteiger partial charge in [0.25, 0.3) is 0 Å². The van der Waals surface area contributed by atoms with E-state index in [1.165, 1.54) is 23.2 Å². The molecule has 2 aromatic rings. The van der Waals surface area contributed by atoms with Crippen molar-refractivity contribution in [3.8, 4) is 0 Å². The van der Waals surface area contributed by atoms with Gasteiger partial charge in [0.2, 0.25) is 15.9 Å². The van der Waals surface area contributed by atoms with Crippen molar-refractivity contribution in [3.05, 3.63) is 70.6 Å². The highest BCUT2D eigenvalue weighted by atomic mass is 35.5. The minimum absolute atomic E-state index is 0. The highest BCUT2D eigenvalue weighted by molar-refractivity contribution is 7.89. The SMILES string of the molecule is CC1=CCN(C(=O)[C@H](Cc2ccnc(C(=N)N)c2)NS(=O)(=O)c2ccc3c(c2)CN(C)CC3)[C@@H](C(=O)O)C1.Cl.Cl. The summed E-state index contributed by atoms with van der Waals surface area (Å²) in [5, 5.41) is 17.4. The van der Waals surface area contributed by atoms with Crippen LogP contribution in [0.2, 0.25) is 0 Å². The highest BCUT2D eigenvalue weighted by Crippen LogP contribution is 2.24. The number of benzene rings is 1. The minimum Gasteiger partial charge on any atom is -0.480 e. The fourth-order valence-corrected chi connectivity index (χ4v) is 6.04. The van der Waals surface area contributed by atoms with Gasteiger partial charge >= 0.3 is 5.97 Å². The number of carboxylic acid groups (broad SMARTS) is 1. The predicted molar refractivity (Wildman–Crippen MR) is 156 cm³/mol. The first-order chi connectivity index (χ1) is 17.9. The molecule has 0 spiro atoms. The molecule has 0 saturated carbocycles. The fourth-order valence-electron chi connectivity index (χ4n) is 4.80. The Morgan fingerprint density at radius 1 is 1.23 bits per heavy atom. The zero-order valence-corrected chi connectivity index (χ0v) is 24.6. The molecule has 1 amide bonds. The predicted octanol–water partition coefficient (Wildman–Crippen LogP) is 1.72. The number of amidine groups is 1. The van der Waals surface area contributed by atoms with Crippen LogP contribution < -0.4 is 10.5 Å². The number of hydrogen-bond donors (Lipinski definition) is 4. The maximum Gasteiger partial charge on any atom is 0.326 e. The average Bonchev–Trinajstić information content (AvgIpc) is 2.87. The Morgan fingerprint density at radius 2 is 1.95 bits per heavy atom. The summed E-state index contributed by atoms with van der Waals surface area (Å²) < 4.78 is 29.6. The van der Waals surface area contributed by atoms with Crippen molar-refractivity contribution >= 4 is 52.5 Å². The van der Waals surface area contributed by atoms with E-state index in [-0.39, 0.29) is 60.6 Å². The van der Waals surface area contributed by atoms with E-state index < -0.39 is 34.0 Å². The quantitative estimate of drug-likeness (QED) is 0.198. The van der Waals surface area contributed by atoms with Gasteiger partial charge in [-0.15, -0.1) is 24.8 Å². The molecule has 2 aliphatic heterocycles. The summed E-state index contributed by atoms with van der Waals surface area (Å²) in [6.45, 7) is 3.36. The number of pyridine rings is 1. The fraction of sp³-hybridized carbons (Fsp3) is 0.385. The number of hydrogen-bond acceptors (Lipinski definition) is 7. The molecule has 5 N–H and O–H groups in total. The number of nitrogens with one attached hydrogen (secondary N) is 2. The van der Waals surface area contributed by atoms with E-state index in [1.807, 2.05) is 7.05 Å². The Hall–Kier alpha value is -3.03. The number of carboxylic acids is 1. The van der Waals surface area contributed by atoms with Crippen LogP contribution >= 0.6 is 24.8 Å². The van der Waals surface area contributed by atoms with E-state index in [2.05, 4.69) is 14.6 Å². The van der Waals surface area contributed by atoms with Crippen LogP contribution in [0.1, 0.15) is 35.7 Å². The summed E-state index contributed by atoms with van der Waals surface area (Å²) in [6.07, 6.45) is 4.08. The normalized spacial score (nSPS) is 17.9. The Labute approximate surface area is 246 Å². The van der Waals surface area contributed by atoms with Crippen LogP contribution in [0, 0.1) is 5.41 Å². The van der Waals surface area contributed by atoms with Gasteiger partial charge in [0.05, 0.1) is 4.90 Å². The molecule has 0 bridgehead atoms. The lowest BCUT2D eigenvalue weighted by molar-refractivity contribution is -0.150. The van der Waals surface area contributed by atoms with Crippen molar-refractivity contribution in [1.29, 1.82) is 5.41 Å². The average molecular weight is 614 g/mol. The monoisotopic (exact) mass is 612 g/mol. The first kappa shape index (κ1) is 33.2. The molecule has 1 aromatic carbocycles. The molecule has 2 aliphatic rings. The topological polar surface area (TPSA) is 170 Å². The Bertz CT molecular complexity index is 1420. The van der Waals surface area contributed by atoms with E-state index >= 15 is 0 Å². The number of aromatic nitrogens is 1. The van der Waals surface area contributed by atoms with Crippen LogP contribution in [0.3, 0.4) is 0 Å². The van der Waals surface area contributed by atoms with Crippen LogP contribution in [0.5, 0.6) is 0 Å². The first-order valence-corrected chi connectivity index (χ1v) is 13.7. The van der Waals surface area contributed by atoms with E-state index in [9.17, 15) is 23.1 Å². The minimum atomic E-state index is -4.15. The van der Waals surface area contributed by atoms with Crippen molar-refractivity contribution in [1.82, 2.24) is 19.5 Å². The van der Waals surface area contributed by atoms with Crippen molar-refractivity contribution < 1.29 is 23.1 Å². The maximum absolute atomic E-state index is 13.7. The third-order valence-electron chi connectivity index (χ3n) is 6.92. The molecule has 4 rings (SSSR count). The third kappa shape index (κ3) is 7.58. The van der Waals surface area contributed by atoms with Crippen molar-refractivity contribution in [2.75, 3.05) is 20.1 Å². The van der Waals surface area contributed by atoms with E-state index in [4.69, 9.17) is 11.1 Å². The number of sulfonamides is 1. The van der Waals surface area contributed by atoms with Crippen LogP contribution in [0.25, 0.3) is 0 Å². The Balaban J connectivity index is 0.00000280. The van der Waals surface area contributed by atoms with Gasteiger partial charge in [-0.1, -0.05) is 17.7 Å². The van der Waals surface area contributed by atoms with Crippen LogP contribution in [-0.4, -0.2) is 78.2 Å². The third-order valence-corrected chi connectivity index (χ3v) is 8.39. The van der Waals surface area contributed by atoms with Crippen LogP contribution in [0.4, 0.5) is 0 Å². The largest absolute Gasteiger partial charge is 0.480 e. The van der Waals surface area contributed by atoms with E-state index in [0.29, 0.717) is 12.1 Å². The lowest BCUT2D eigenvalue weighted by Crippen LogP contribution is -2.55. The molecule has 40 heavy (non-hydrogen) atoms. The highest BCUT2D eigenvalue weighted by Gasteiger charge is 2.37. The zero-order chi connectivity index (χ0) is 27.6. The molecule has 2 atom stereocenters. The number of fused-ring (bicyclic) bond motifs is 1. The van der Waals surface area contributed by atoms with Gasteiger partial charge in [-0.25, -0.2) is 13.2 Å². The number of rotatable bonds is 8. The van der Waals surface area contributed by atoms with Crippen molar-refractivity contribution in [2.24, 2.45) is 5.73 Å². The molecule has 218 valence electrons. The van der Waals surface area contributed by atoms with E-state index in [0.717, 1.165) is 29.7 Å². The number of nitrogen functional groups attached to an aromatic ring is 1. The molecular weight excluding hydrogens is 579 g/mol. The Morgan fingerprint density at radius 3 is 2.62 bits per heavy atom. The molecule has 0 aliphatic carbocycles. The standard InChI is InChI=1S/C26H32N6O5S.2ClH/c1-16-6-10-32(23(11-16)26(34)35)25(33)22(13-17-5-8-29-21(12-17)24(27)28)30-38(36,37)20-4-3-18-7-9-31(2)15-19(18)14-20;;/h3-6,8,12,14,22-23,30H,7,9-11,13,15H2,1-2H3,(H3,27,28)(H,34,35);2*1H/t22-,23+;;/m0../s1. The van der Waals surface area contributed by atoms with Crippen LogP contribution in [0.15, 0.2) is 53.1 Å². The maximum atomic E-state index is 13.7. The molecule has 0 fully saturated rings. The van der Waals surface area contributed by atoms with E-state index in [1.54, 1.807) is 31.2 Å². The second-order valence-corrected chi connectivity index (χ2v) is 11.6. The zero-order valence-electron chi connectivity index (χ0n) is 22.2. The van der Waals surface area contributed by atoms with Gasteiger partial charge in [0.1, 0.15) is 23.6 Å². The second-order valence-electron chi connectivity index (χ2n) is 9.86. The molecule has 0 unspecified atom stereocenters. The van der Waals surface area contributed by atoms with Crippen molar-refractivity contribution in [3.63, 3.8) is 0 Å². The number of carbonyl (C=O) groups excluding carboxylic acids is 1. The molecular formula is C26H34Cl2N6O5S. The van der Waals surface area contributed by atoms with Gasteiger partial charge < -0.3 is 20.6 Å². The number of halogens is 2. The number of likely N-dealkylation sites (N-methyl/N-ethyl adjacent to an activating group) is 1. The molecule has 1 aromatic heterocycles. The number of amides is 1. The summed E-state index contributed by atoms with van der Waals surface area (Å²) in [7, 11) is -2.18. The van der Waals surface area contributed by atoms with Gasteiger partial charge in [0.15, 0.2) is 0 Å². The summed E-state index contributed by atoms with van der Waals surface area (Å²) >= 11 is 0. The van der Waals surface area contributed by atoms with Crippen LogP contribution in [-0.2, 0) is 39.0 Å². The number of aliphatic carboxylic acids is 1. The molecule has 0 radical (unpaired) electrons. The summed E-state index contributed by atoms with van der Waals surface area (Å²) in [6, 6.07) is 5.67. The molecule has 3 heterocycles. The van der Waals surface area contributed by atoms with Crippen molar-refractivity contribution in [2.45, 2.75) is 49.7 Å². The molecule has 14 heteroatoms. The second kappa shape index (κ2) is 13.6. The number of carbonyl (C=O) groups is 2. The number of nitrogens with zero attached hydrogens (tertiary/aromatic N) is 3. The lowest BCUT2D eigenvalue weighted by Gasteiger charge is -2.34. The summed E-state index contributed by atoms with van der Waals surface area (Å²) in [5.74, 6) is -2.07. The Kier molecular flexibility index (Phi) is 11.2. The first-order valence-electron chi connectivity index (χ1n) is 12.3.